The molecule has 0 unspecified atom stereocenters. The second kappa shape index (κ2) is 3.70. The van der Waals surface area contributed by atoms with E-state index in [1.165, 1.54) is 9.75 Å². The van der Waals surface area contributed by atoms with Gasteiger partial charge in [-0.1, -0.05) is 0 Å². The third-order valence-electron chi connectivity index (χ3n) is 2.05. The summed E-state index contributed by atoms with van der Waals surface area (Å²) in [5, 5.41) is 3.07. The molecular weight excluding hydrogens is 224 g/mol. The maximum absolute atomic E-state index is 6.00. The molecule has 0 atom stereocenters. The fraction of sp³-hybridized carbons (Fsp3) is 0.364. The molecule has 0 saturated heterocycles. The number of rotatable bonds is 2. The van der Waals surface area contributed by atoms with E-state index in [4.69, 9.17) is 5.73 Å². The van der Waals surface area contributed by atoms with Gasteiger partial charge < -0.3 is 5.73 Å². The molecule has 15 heavy (non-hydrogen) atoms. The minimum Gasteiger partial charge on any atom is -0.320 e. The van der Waals surface area contributed by atoms with Gasteiger partial charge in [0, 0.05) is 10.3 Å². The molecule has 0 aromatic carbocycles. The molecule has 0 amide bonds. The Morgan fingerprint density at radius 2 is 2.07 bits per heavy atom. The van der Waals surface area contributed by atoms with Crippen molar-refractivity contribution in [2.75, 3.05) is 0 Å². The van der Waals surface area contributed by atoms with Gasteiger partial charge in [0.2, 0.25) is 0 Å². The van der Waals surface area contributed by atoms with Crippen LogP contribution in [0.25, 0.3) is 10.6 Å². The van der Waals surface area contributed by atoms with E-state index in [1.54, 1.807) is 22.7 Å². The molecule has 0 radical (unpaired) electrons. The Kier molecular flexibility index (Phi) is 2.66. The summed E-state index contributed by atoms with van der Waals surface area (Å²) in [7, 11) is 0. The van der Waals surface area contributed by atoms with Crippen molar-refractivity contribution < 1.29 is 0 Å². The van der Waals surface area contributed by atoms with Gasteiger partial charge in [0.05, 0.1) is 16.1 Å². The molecule has 0 aliphatic carbocycles. The van der Waals surface area contributed by atoms with Crippen LogP contribution in [0.4, 0.5) is 0 Å². The van der Waals surface area contributed by atoms with Crippen LogP contribution in [0.2, 0.25) is 0 Å². The van der Waals surface area contributed by atoms with Crippen molar-refractivity contribution in [3.63, 3.8) is 0 Å². The Bertz CT molecular complexity index is 463. The summed E-state index contributed by atoms with van der Waals surface area (Å²) in [5.41, 5.74) is 6.71. The van der Waals surface area contributed by atoms with Gasteiger partial charge >= 0.3 is 0 Å². The second-order valence-electron chi connectivity index (χ2n) is 4.17. The summed E-state index contributed by atoms with van der Waals surface area (Å²) in [6.07, 6.45) is 0. The van der Waals surface area contributed by atoms with E-state index in [0.717, 1.165) is 10.7 Å². The standard InChI is InChI=1S/C11H14N2S2/c1-7-4-5-9(15-7)8-6-14-10(13-8)11(2,3)12/h4-6H,12H2,1-3H3. The number of thiazole rings is 1. The van der Waals surface area contributed by atoms with Crippen LogP contribution in [-0.4, -0.2) is 4.98 Å². The van der Waals surface area contributed by atoms with Gasteiger partial charge in [-0.2, -0.15) is 0 Å². The zero-order valence-electron chi connectivity index (χ0n) is 9.07. The van der Waals surface area contributed by atoms with Crippen LogP contribution in [0.15, 0.2) is 17.5 Å². The van der Waals surface area contributed by atoms with E-state index in [1.807, 2.05) is 13.8 Å². The van der Waals surface area contributed by atoms with E-state index in [0.29, 0.717) is 0 Å². The molecule has 0 aliphatic heterocycles. The highest BCUT2D eigenvalue weighted by atomic mass is 32.1. The van der Waals surface area contributed by atoms with Crippen LogP contribution in [0.1, 0.15) is 23.7 Å². The van der Waals surface area contributed by atoms with Gasteiger partial charge in [0.1, 0.15) is 5.01 Å². The molecule has 2 aromatic rings. The lowest BCUT2D eigenvalue weighted by molar-refractivity contribution is 0.551. The third kappa shape index (κ3) is 2.27. The lowest BCUT2D eigenvalue weighted by Gasteiger charge is -2.13. The molecule has 0 saturated carbocycles. The number of thiophene rings is 1. The van der Waals surface area contributed by atoms with Crippen LogP contribution in [0, 0.1) is 6.92 Å². The van der Waals surface area contributed by atoms with Crippen molar-refractivity contribution in [1.82, 2.24) is 4.98 Å². The minimum atomic E-state index is -0.338. The molecule has 0 aliphatic rings. The molecule has 0 bridgehead atoms. The van der Waals surface area contributed by atoms with E-state index in [-0.39, 0.29) is 5.54 Å². The van der Waals surface area contributed by atoms with Crippen molar-refractivity contribution in [2.24, 2.45) is 5.73 Å². The van der Waals surface area contributed by atoms with Crippen molar-refractivity contribution in [2.45, 2.75) is 26.3 Å². The Labute approximate surface area is 97.8 Å². The van der Waals surface area contributed by atoms with Crippen LogP contribution >= 0.6 is 22.7 Å². The highest BCUT2D eigenvalue weighted by molar-refractivity contribution is 7.16. The first-order chi connectivity index (χ1) is 6.97. The predicted molar refractivity (Wildman–Crippen MR) is 67.4 cm³/mol. The summed E-state index contributed by atoms with van der Waals surface area (Å²) in [5.74, 6) is 0. The van der Waals surface area contributed by atoms with Gasteiger partial charge in [0.25, 0.3) is 0 Å². The first-order valence-corrected chi connectivity index (χ1v) is 6.48. The first-order valence-electron chi connectivity index (χ1n) is 4.78. The smallest absolute Gasteiger partial charge is 0.113 e. The molecule has 2 N–H and O–H groups in total. The summed E-state index contributed by atoms with van der Waals surface area (Å²) in [6, 6.07) is 4.23. The van der Waals surface area contributed by atoms with Crippen molar-refractivity contribution in [3.8, 4) is 10.6 Å². The zero-order valence-corrected chi connectivity index (χ0v) is 10.7. The Balaban J connectivity index is 2.36. The fourth-order valence-corrected chi connectivity index (χ4v) is 3.02. The van der Waals surface area contributed by atoms with Gasteiger partial charge in [-0.3, -0.25) is 0 Å². The molecule has 0 spiro atoms. The average Bonchev–Trinajstić information content (AvgIpc) is 2.69. The van der Waals surface area contributed by atoms with E-state index in [2.05, 4.69) is 29.4 Å². The summed E-state index contributed by atoms with van der Waals surface area (Å²) in [6.45, 7) is 6.07. The molecule has 2 heterocycles. The van der Waals surface area contributed by atoms with Crippen LogP contribution < -0.4 is 5.73 Å². The monoisotopic (exact) mass is 238 g/mol. The summed E-state index contributed by atoms with van der Waals surface area (Å²) >= 11 is 3.40. The van der Waals surface area contributed by atoms with Crippen molar-refractivity contribution in [3.05, 3.63) is 27.4 Å². The fourth-order valence-electron chi connectivity index (χ4n) is 1.26. The van der Waals surface area contributed by atoms with Gasteiger partial charge in [-0.25, -0.2) is 4.98 Å². The third-order valence-corrected chi connectivity index (χ3v) is 4.25. The number of nitrogens with zero attached hydrogens (tertiary/aromatic N) is 1. The number of aromatic nitrogens is 1. The Morgan fingerprint density at radius 3 is 2.53 bits per heavy atom. The average molecular weight is 238 g/mol. The van der Waals surface area contributed by atoms with E-state index in [9.17, 15) is 0 Å². The largest absolute Gasteiger partial charge is 0.320 e. The zero-order chi connectivity index (χ0) is 11.1. The van der Waals surface area contributed by atoms with Gasteiger partial charge in [-0.15, -0.1) is 22.7 Å². The molecule has 2 nitrogen and oxygen atoms in total. The highest BCUT2D eigenvalue weighted by Crippen LogP contribution is 2.31. The molecule has 2 aromatic heterocycles. The maximum Gasteiger partial charge on any atom is 0.113 e. The van der Waals surface area contributed by atoms with E-state index < -0.39 is 0 Å². The maximum atomic E-state index is 6.00. The Morgan fingerprint density at radius 1 is 1.33 bits per heavy atom. The van der Waals surface area contributed by atoms with Crippen LogP contribution in [0.3, 0.4) is 0 Å². The molecule has 0 fully saturated rings. The molecular formula is C11H14N2S2. The van der Waals surface area contributed by atoms with Crippen LogP contribution in [0.5, 0.6) is 0 Å². The second-order valence-corrected chi connectivity index (χ2v) is 6.32. The number of hydrogen-bond donors (Lipinski definition) is 1. The van der Waals surface area contributed by atoms with Crippen molar-refractivity contribution >= 4 is 22.7 Å². The lowest BCUT2D eigenvalue weighted by atomic mass is 10.1. The number of nitrogens with two attached hydrogens (primary N) is 1. The minimum absolute atomic E-state index is 0.338. The number of hydrogen-bond acceptors (Lipinski definition) is 4. The first kappa shape index (κ1) is 10.8. The topological polar surface area (TPSA) is 38.9 Å². The molecule has 2 rings (SSSR count). The summed E-state index contributed by atoms with van der Waals surface area (Å²) < 4.78 is 0. The quantitative estimate of drug-likeness (QED) is 0.871. The number of aryl methyl sites for hydroxylation is 1. The Hall–Kier alpha value is -0.710. The van der Waals surface area contributed by atoms with E-state index >= 15 is 0 Å². The lowest BCUT2D eigenvalue weighted by Crippen LogP contribution is -2.28. The molecule has 80 valence electrons. The van der Waals surface area contributed by atoms with Crippen LogP contribution in [-0.2, 0) is 5.54 Å². The summed E-state index contributed by atoms with van der Waals surface area (Å²) in [4.78, 5) is 7.10. The van der Waals surface area contributed by atoms with Gasteiger partial charge in [0.15, 0.2) is 0 Å². The molecule has 4 heteroatoms. The highest BCUT2D eigenvalue weighted by Gasteiger charge is 2.19. The predicted octanol–water partition coefficient (Wildman–Crippen LogP) is 3.37. The van der Waals surface area contributed by atoms with Gasteiger partial charge in [-0.05, 0) is 32.9 Å². The normalized spacial score (nSPS) is 12.0. The SMILES string of the molecule is Cc1ccc(-c2csc(C(C)(C)N)n2)s1. The van der Waals surface area contributed by atoms with Crippen molar-refractivity contribution in [1.29, 1.82) is 0 Å².